The highest BCUT2D eigenvalue weighted by molar-refractivity contribution is 5.52. The zero-order valence-corrected chi connectivity index (χ0v) is 18.5. The zero-order valence-electron chi connectivity index (χ0n) is 18.5. The maximum Gasteiger partial charge on any atom is 0.250 e. The van der Waals surface area contributed by atoms with E-state index in [1.807, 2.05) is 19.2 Å². The van der Waals surface area contributed by atoms with Gasteiger partial charge in [0.25, 0.3) is 5.89 Å². The highest BCUT2D eigenvalue weighted by atomic mass is 16.5. The largest absolute Gasteiger partial charge is 0.345 e. The van der Waals surface area contributed by atoms with Crippen LogP contribution < -0.4 is 0 Å². The Balaban J connectivity index is 1.37. The van der Waals surface area contributed by atoms with Gasteiger partial charge in [0.1, 0.15) is 0 Å². The maximum atomic E-state index is 5.46. The van der Waals surface area contributed by atoms with Gasteiger partial charge in [-0.05, 0) is 82.3 Å². The standard InChI is InChI=1S/C25H32N4O/c1-18-10-16-22(29(18)4)25-26-23(30-27-25)17-13-19-11-14-21(15-12-19)24(28(2)3)20-8-6-5-7-9-20/h5-10,13,16-17,19,21,24H,11-12,14-15H2,1-4H3. The minimum atomic E-state index is 0.489. The molecule has 0 aliphatic heterocycles. The molecule has 1 aliphatic rings. The third-order valence-electron chi connectivity index (χ3n) is 6.52. The predicted octanol–water partition coefficient (Wildman–Crippen LogP) is 5.51. The summed E-state index contributed by atoms with van der Waals surface area (Å²) < 4.78 is 7.53. The summed E-state index contributed by atoms with van der Waals surface area (Å²) >= 11 is 0. The summed E-state index contributed by atoms with van der Waals surface area (Å²) in [5.74, 6) is 2.50. The molecule has 0 amide bonds. The number of allylic oxidation sites excluding steroid dienone is 1. The molecule has 0 saturated heterocycles. The molecule has 0 radical (unpaired) electrons. The summed E-state index contributed by atoms with van der Waals surface area (Å²) in [6.07, 6.45) is 9.15. The minimum absolute atomic E-state index is 0.489. The number of hydrogen-bond donors (Lipinski definition) is 0. The van der Waals surface area contributed by atoms with E-state index in [1.54, 1.807) is 0 Å². The molecule has 1 fully saturated rings. The normalized spacial score (nSPS) is 20.8. The smallest absolute Gasteiger partial charge is 0.250 e. The van der Waals surface area contributed by atoms with E-state index in [4.69, 9.17) is 4.52 Å². The second-order valence-electron chi connectivity index (χ2n) is 8.73. The Labute approximate surface area is 179 Å². The highest BCUT2D eigenvalue weighted by Gasteiger charge is 2.29. The van der Waals surface area contributed by atoms with Crippen LogP contribution in [-0.2, 0) is 7.05 Å². The first-order valence-electron chi connectivity index (χ1n) is 10.9. The fraction of sp³-hybridized carbons (Fsp3) is 0.440. The van der Waals surface area contributed by atoms with Crippen LogP contribution in [0.1, 0.15) is 48.9 Å². The molecule has 3 aromatic rings. The van der Waals surface area contributed by atoms with Gasteiger partial charge in [-0.3, -0.25) is 0 Å². The molecule has 2 heterocycles. The molecule has 30 heavy (non-hydrogen) atoms. The Morgan fingerprint density at radius 1 is 1.07 bits per heavy atom. The first kappa shape index (κ1) is 20.6. The number of aryl methyl sites for hydroxylation is 1. The summed E-state index contributed by atoms with van der Waals surface area (Å²) in [6.45, 7) is 2.07. The van der Waals surface area contributed by atoms with Gasteiger partial charge in [0, 0.05) is 18.8 Å². The first-order chi connectivity index (χ1) is 14.5. The molecule has 4 rings (SSSR count). The van der Waals surface area contributed by atoms with Gasteiger partial charge in [-0.15, -0.1) is 0 Å². The molecule has 0 bridgehead atoms. The van der Waals surface area contributed by atoms with Crippen molar-refractivity contribution in [2.24, 2.45) is 18.9 Å². The van der Waals surface area contributed by atoms with E-state index >= 15 is 0 Å². The van der Waals surface area contributed by atoms with Gasteiger partial charge in [-0.25, -0.2) is 0 Å². The van der Waals surface area contributed by atoms with Crippen molar-refractivity contribution in [3.8, 4) is 11.5 Å². The third kappa shape index (κ3) is 4.41. The Hall–Kier alpha value is -2.66. The molecule has 2 aromatic heterocycles. The molecule has 1 saturated carbocycles. The van der Waals surface area contributed by atoms with Crippen LogP contribution in [0.5, 0.6) is 0 Å². The average molecular weight is 405 g/mol. The second-order valence-corrected chi connectivity index (χ2v) is 8.73. The Bertz CT molecular complexity index is 978. The SMILES string of the molecule is Cc1ccc(-c2noc(C=CC3CCC(C(c4ccccc4)N(C)C)CC3)n2)n1C. The average Bonchev–Trinajstić information content (AvgIpc) is 3.35. The molecule has 0 N–H and O–H groups in total. The summed E-state index contributed by atoms with van der Waals surface area (Å²) in [5, 5.41) is 4.15. The zero-order chi connectivity index (χ0) is 21.1. The van der Waals surface area contributed by atoms with E-state index in [0.717, 1.165) is 5.69 Å². The van der Waals surface area contributed by atoms with Gasteiger partial charge in [-0.1, -0.05) is 41.6 Å². The fourth-order valence-corrected chi connectivity index (χ4v) is 4.76. The van der Waals surface area contributed by atoms with Crippen molar-refractivity contribution < 1.29 is 4.52 Å². The van der Waals surface area contributed by atoms with E-state index in [2.05, 4.69) is 83.1 Å². The van der Waals surface area contributed by atoms with Crippen molar-refractivity contribution in [2.45, 2.75) is 38.6 Å². The maximum absolute atomic E-state index is 5.46. The Kier molecular flexibility index (Phi) is 6.18. The van der Waals surface area contributed by atoms with Crippen molar-refractivity contribution in [3.05, 3.63) is 65.7 Å². The summed E-state index contributed by atoms with van der Waals surface area (Å²) in [7, 11) is 6.42. The quantitative estimate of drug-likeness (QED) is 0.544. The van der Waals surface area contributed by atoms with E-state index < -0.39 is 0 Å². The van der Waals surface area contributed by atoms with Crippen LogP contribution in [0, 0.1) is 18.8 Å². The number of hydrogen-bond acceptors (Lipinski definition) is 4. The number of benzene rings is 1. The van der Waals surface area contributed by atoms with E-state index in [-0.39, 0.29) is 0 Å². The van der Waals surface area contributed by atoms with Gasteiger partial charge in [-0.2, -0.15) is 4.98 Å². The van der Waals surface area contributed by atoms with Crippen LogP contribution in [-0.4, -0.2) is 33.7 Å². The van der Waals surface area contributed by atoms with Crippen molar-refractivity contribution in [1.29, 1.82) is 0 Å². The van der Waals surface area contributed by atoms with Crippen molar-refractivity contribution in [1.82, 2.24) is 19.6 Å². The lowest BCUT2D eigenvalue weighted by Crippen LogP contribution is -2.30. The number of rotatable bonds is 6. The van der Waals surface area contributed by atoms with Crippen LogP contribution in [0.15, 0.2) is 53.1 Å². The van der Waals surface area contributed by atoms with Crippen LogP contribution in [0.2, 0.25) is 0 Å². The molecule has 5 heteroatoms. The molecule has 1 aromatic carbocycles. The van der Waals surface area contributed by atoms with Crippen LogP contribution >= 0.6 is 0 Å². The molecule has 5 nitrogen and oxygen atoms in total. The van der Waals surface area contributed by atoms with Gasteiger partial charge in [0.05, 0.1) is 5.69 Å². The topological polar surface area (TPSA) is 47.1 Å². The molecular weight excluding hydrogens is 372 g/mol. The lowest BCUT2D eigenvalue weighted by molar-refractivity contribution is 0.159. The fourth-order valence-electron chi connectivity index (χ4n) is 4.76. The molecule has 0 spiro atoms. The summed E-state index contributed by atoms with van der Waals surface area (Å²) in [5.41, 5.74) is 3.58. The molecule has 1 atom stereocenters. The monoisotopic (exact) mass is 404 g/mol. The van der Waals surface area contributed by atoms with Crippen molar-refractivity contribution >= 4 is 6.08 Å². The van der Waals surface area contributed by atoms with E-state index in [9.17, 15) is 0 Å². The van der Waals surface area contributed by atoms with Gasteiger partial charge < -0.3 is 14.0 Å². The third-order valence-corrected chi connectivity index (χ3v) is 6.52. The minimum Gasteiger partial charge on any atom is -0.345 e. The Morgan fingerprint density at radius 2 is 1.80 bits per heavy atom. The van der Waals surface area contributed by atoms with Crippen LogP contribution in [0.4, 0.5) is 0 Å². The van der Waals surface area contributed by atoms with Gasteiger partial charge >= 0.3 is 0 Å². The number of aromatic nitrogens is 3. The van der Waals surface area contributed by atoms with Crippen molar-refractivity contribution in [2.75, 3.05) is 14.1 Å². The Morgan fingerprint density at radius 3 is 2.43 bits per heavy atom. The van der Waals surface area contributed by atoms with E-state index in [1.165, 1.54) is 36.9 Å². The predicted molar refractivity (Wildman–Crippen MR) is 121 cm³/mol. The molecule has 158 valence electrons. The second kappa shape index (κ2) is 9.00. The van der Waals surface area contributed by atoms with Crippen LogP contribution in [0.25, 0.3) is 17.6 Å². The van der Waals surface area contributed by atoms with Crippen molar-refractivity contribution in [3.63, 3.8) is 0 Å². The lowest BCUT2D eigenvalue weighted by Gasteiger charge is -2.37. The highest BCUT2D eigenvalue weighted by Crippen LogP contribution is 2.39. The number of nitrogens with zero attached hydrogens (tertiary/aromatic N) is 4. The van der Waals surface area contributed by atoms with Gasteiger partial charge in [0.2, 0.25) is 5.82 Å². The van der Waals surface area contributed by atoms with Gasteiger partial charge in [0.15, 0.2) is 0 Å². The summed E-state index contributed by atoms with van der Waals surface area (Å²) in [6, 6.07) is 15.5. The summed E-state index contributed by atoms with van der Waals surface area (Å²) in [4.78, 5) is 6.93. The first-order valence-corrected chi connectivity index (χ1v) is 10.9. The molecule has 1 aliphatic carbocycles. The lowest BCUT2D eigenvalue weighted by atomic mass is 9.76. The van der Waals surface area contributed by atoms with Crippen LogP contribution in [0.3, 0.4) is 0 Å². The van der Waals surface area contributed by atoms with E-state index in [0.29, 0.717) is 29.6 Å². The molecular formula is C25H32N4O. The molecule has 1 unspecified atom stereocenters.